The second kappa shape index (κ2) is 19.1. The molecule has 0 aliphatic heterocycles. The summed E-state index contributed by atoms with van der Waals surface area (Å²) in [7, 11) is -5.13. The number of rotatable bonds is 20. The zero-order valence-corrected chi connectivity index (χ0v) is 19.4. The fourth-order valence-electron chi connectivity index (χ4n) is 3.03. The van der Waals surface area contributed by atoms with Gasteiger partial charge in [0.05, 0.1) is 14.0 Å². The lowest BCUT2D eigenvalue weighted by atomic mass is 10.1. The number of hydrogen-bond donors (Lipinski definition) is 2. The number of carbonyl (C=O) groups is 1. The van der Waals surface area contributed by atoms with Gasteiger partial charge in [0, 0.05) is 12.8 Å². The smallest absolute Gasteiger partial charge is 0.305 e. The van der Waals surface area contributed by atoms with E-state index >= 15 is 0 Å². The van der Waals surface area contributed by atoms with E-state index in [1.165, 1.54) is 44.9 Å². The molecule has 1 unspecified atom stereocenters. The molecule has 0 amide bonds. The lowest BCUT2D eigenvalue weighted by Crippen LogP contribution is -2.33. The molecule has 0 aliphatic carbocycles. The van der Waals surface area contributed by atoms with Gasteiger partial charge in [0.15, 0.2) is 0 Å². The summed E-state index contributed by atoms with van der Waals surface area (Å²) in [6, 6.07) is 0. The Kier molecular flexibility index (Phi) is 18.7. The monoisotopic (exact) mass is 451 g/mol. The van der Waals surface area contributed by atoms with Crippen molar-refractivity contribution in [1.29, 1.82) is 0 Å². The molecule has 0 rings (SSSR count). The average Bonchev–Trinajstić information content (AvgIpc) is 2.68. The van der Waals surface area contributed by atoms with Crippen molar-refractivity contribution in [2.45, 2.75) is 115 Å². The first-order valence-corrected chi connectivity index (χ1v) is 13.1. The van der Waals surface area contributed by atoms with E-state index in [4.69, 9.17) is 9.63 Å². The SMILES string of the molecule is CCCCCCCC/C=C\CCCCCCCC(=O)OC[C@@H](O)CC(F)[P+]([O-])([O-])O. The van der Waals surface area contributed by atoms with E-state index in [0.717, 1.165) is 32.1 Å². The third-order valence-electron chi connectivity index (χ3n) is 4.90. The molecule has 0 bridgehead atoms. The van der Waals surface area contributed by atoms with Gasteiger partial charge in [0.25, 0.3) is 0 Å². The van der Waals surface area contributed by atoms with Crippen LogP contribution in [0.25, 0.3) is 0 Å². The summed E-state index contributed by atoms with van der Waals surface area (Å²) < 4.78 is 17.9. The van der Waals surface area contributed by atoms with E-state index in [2.05, 4.69) is 19.1 Å². The second-order valence-electron chi connectivity index (χ2n) is 7.91. The maximum atomic E-state index is 13.1. The Balaban J connectivity index is 3.45. The number of halogens is 1. The molecular weight excluding hydrogens is 410 g/mol. The largest absolute Gasteiger partial charge is 0.657 e. The van der Waals surface area contributed by atoms with Crippen LogP contribution in [0.2, 0.25) is 0 Å². The third kappa shape index (κ3) is 19.4. The van der Waals surface area contributed by atoms with Gasteiger partial charge in [-0.3, -0.25) is 9.69 Å². The number of unbranched alkanes of at least 4 members (excludes halogenated alkanes) is 11. The van der Waals surface area contributed by atoms with E-state index in [0.29, 0.717) is 6.42 Å². The Morgan fingerprint density at radius 2 is 1.47 bits per heavy atom. The normalized spacial score (nSPS) is 14.2. The maximum Gasteiger partial charge on any atom is 0.305 e. The lowest BCUT2D eigenvalue weighted by Gasteiger charge is -2.31. The predicted molar refractivity (Wildman–Crippen MR) is 115 cm³/mol. The zero-order valence-electron chi connectivity index (χ0n) is 18.5. The van der Waals surface area contributed by atoms with Crippen LogP contribution in [-0.4, -0.2) is 34.6 Å². The van der Waals surface area contributed by atoms with E-state index in [-0.39, 0.29) is 6.42 Å². The quantitative estimate of drug-likeness (QED) is 0.125. The van der Waals surface area contributed by atoms with Crippen LogP contribution >= 0.6 is 7.94 Å². The molecule has 2 N–H and O–H groups in total. The summed E-state index contributed by atoms with van der Waals surface area (Å²) in [5.41, 5.74) is 0. The minimum atomic E-state index is -5.13. The van der Waals surface area contributed by atoms with Crippen molar-refractivity contribution >= 4 is 13.9 Å². The maximum absolute atomic E-state index is 13.1. The van der Waals surface area contributed by atoms with E-state index in [1.807, 2.05) is 0 Å². The van der Waals surface area contributed by atoms with Crippen LogP contribution in [0, 0.1) is 0 Å². The highest BCUT2D eigenvalue weighted by molar-refractivity contribution is 7.56. The molecule has 0 saturated carbocycles. The van der Waals surface area contributed by atoms with Crippen LogP contribution in [-0.2, 0) is 9.53 Å². The van der Waals surface area contributed by atoms with Crippen LogP contribution in [0.3, 0.4) is 0 Å². The van der Waals surface area contributed by atoms with Crippen molar-refractivity contribution in [3.05, 3.63) is 12.2 Å². The van der Waals surface area contributed by atoms with Gasteiger partial charge in [-0.05, 0) is 32.1 Å². The van der Waals surface area contributed by atoms with Crippen LogP contribution in [0.1, 0.15) is 103 Å². The van der Waals surface area contributed by atoms with E-state index in [1.54, 1.807) is 0 Å². The number of alkyl halides is 1. The molecule has 0 fully saturated rings. The number of carbonyl (C=O) groups excluding carboxylic acids is 1. The number of ether oxygens (including phenoxy) is 1. The fourth-order valence-corrected chi connectivity index (χ4v) is 3.54. The summed E-state index contributed by atoms with van der Waals surface area (Å²) in [6.45, 7) is 1.75. The standard InChI is InChI=1S/C22H42FO6P/c1-2-3-4-5-6-7-8-9-10-11-12-13-14-15-16-17-22(25)29-19-20(24)18-21(23)30(26,27)28/h9-10,20-21,24H,2-8,11-19H2,1H3,(H2,26,27,28)/p-1/b10-9-/t20-,21?/m0/s1. The van der Waals surface area contributed by atoms with Crippen molar-refractivity contribution in [3.63, 3.8) is 0 Å². The number of allylic oxidation sites excluding steroid dienone is 2. The van der Waals surface area contributed by atoms with Gasteiger partial charge in [0.2, 0.25) is 5.91 Å². The minimum absolute atomic E-state index is 0.212. The Morgan fingerprint density at radius 3 is 2.00 bits per heavy atom. The molecule has 0 aromatic heterocycles. The molecule has 0 aromatic carbocycles. The van der Waals surface area contributed by atoms with Gasteiger partial charge in [-0.2, -0.15) is 0 Å². The van der Waals surface area contributed by atoms with Crippen molar-refractivity contribution in [2.75, 3.05) is 6.61 Å². The number of esters is 1. The summed E-state index contributed by atoms with van der Waals surface area (Å²) >= 11 is 0. The molecule has 6 nitrogen and oxygen atoms in total. The molecule has 0 radical (unpaired) electrons. The van der Waals surface area contributed by atoms with Crippen LogP contribution in [0.5, 0.6) is 0 Å². The van der Waals surface area contributed by atoms with Gasteiger partial charge >= 0.3 is 5.97 Å². The number of aliphatic hydroxyl groups is 1. The summed E-state index contributed by atoms with van der Waals surface area (Å²) in [4.78, 5) is 41.2. The first kappa shape index (κ1) is 29.4. The van der Waals surface area contributed by atoms with Gasteiger partial charge in [-0.1, -0.05) is 70.4 Å². The third-order valence-corrected chi connectivity index (χ3v) is 5.82. The number of hydrogen-bond acceptors (Lipinski definition) is 6. The molecule has 0 saturated heterocycles. The van der Waals surface area contributed by atoms with Gasteiger partial charge in [-0.25, -0.2) is 4.39 Å². The molecule has 0 spiro atoms. The second-order valence-corrected chi connectivity index (χ2v) is 9.59. The topological polar surface area (TPSA) is 113 Å². The van der Waals surface area contributed by atoms with Crippen LogP contribution in [0.15, 0.2) is 12.2 Å². The highest BCUT2D eigenvalue weighted by atomic mass is 31.2. The minimum Gasteiger partial charge on any atom is -0.657 e. The Bertz CT molecular complexity index is 442. The van der Waals surface area contributed by atoms with Crippen molar-refractivity contribution in [2.24, 2.45) is 0 Å². The van der Waals surface area contributed by atoms with E-state index in [9.17, 15) is 24.1 Å². The molecule has 2 atom stereocenters. The van der Waals surface area contributed by atoms with Crippen LogP contribution in [0.4, 0.5) is 4.39 Å². The summed E-state index contributed by atoms with van der Waals surface area (Å²) in [5.74, 6) is -3.06. The van der Waals surface area contributed by atoms with Crippen molar-refractivity contribution in [1.82, 2.24) is 0 Å². The summed E-state index contributed by atoms with van der Waals surface area (Å²) in [6.07, 6.45) is 17.6. The van der Waals surface area contributed by atoms with Gasteiger partial charge < -0.3 is 19.6 Å². The predicted octanol–water partition coefficient (Wildman–Crippen LogP) is 4.09. The first-order valence-electron chi connectivity index (χ1n) is 11.4. The Labute approximate surface area is 182 Å². The molecule has 0 heterocycles. The molecule has 8 heteroatoms. The molecule has 178 valence electrons. The molecule has 0 aliphatic rings. The molecule has 30 heavy (non-hydrogen) atoms. The first-order chi connectivity index (χ1) is 14.3. The highest BCUT2D eigenvalue weighted by Crippen LogP contribution is 2.43. The fraction of sp³-hybridized carbons (Fsp3) is 0.864. The lowest BCUT2D eigenvalue weighted by molar-refractivity contribution is -0.338. The molecular formula is C22H41FO6P-. The number of aliphatic hydroxyl groups excluding tert-OH is 1. The van der Waals surface area contributed by atoms with Crippen molar-refractivity contribution in [3.8, 4) is 0 Å². The van der Waals surface area contributed by atoms with Crippen molar-refractivity contribution < 1.29 is 33.7 Å². The Hall–Kier alpha value is -0.590. The summed E-state index contributed by atoms with van der Waals surface area (Å²) in [5, 5.41) is 9.44. The van der Waals surface area contributed by atoms with E-state index < -0.39 is 39.0 Å². The molecule has 0 aromatic rings. The van der Waals surface area contributed by atoms with Gasteiger partial charge in [-0.15, -0.1) is 0 Å². The highest BCUT2D eigenvalue weighted by Gasteiger charge is 2.27. The Morgan fingerprint density at radius 1 is 0.967 bits per heavy atom. The average molecular weight is 452 g/mol. The van der Waals surface area contributed by atoms with Crippen LogP contribution < -0.4 is 9.79 Å². The zero-order chi connectivity index (χ0) is 22.7. The van der Waals surface area contributed by atoms with Gasteiger partial charge in [0.1, 0.15) is 6.61 Å².